The standard InChI is InChI=1S/C22H16N2O5/c1-28-24-20(21(25)26)18-8-4-7-14-9-10-15(11-19(14)18)22(27)29-13-17-6-3-2-5-16(17)12-23/h2-11H,13H2,1H3,(H,25,26). The third kappa shape index (κ3) is 4.22. The second-order valence-electron chi connectivity index (χ2n) is 6.01. The number of nitrogens with zero attached hydrogens (tertiary/aromatic N) is 2. The predicted octanol–water partition coefficient (Wildman–Crippen LogP) is 3.50. The fourth-order valence-electron chi connectivity index (χ4n) is 2.88. The number of nitriles is 1. The van der Waals surface area contributed by atoms with Crippen molar-refractivity contribution < 1.29 is 24.3 Å². The molecule has 144 valence electrons. The molecule has 3 rings (SSSR count). The second-order valence-corrected chi connectivity index (χ2v) is 6.01. The van der Waals surface area contributed by atoms with Crippen molar-refractivity contribution in [3.8, 4) is 6.07 Å². The van der Waals surface area contributed by atoms with Crippen molar-refractivity contribution in [1.29, 1.82) is 5.26 Å². The van der Waals surface area contributed by atoms with E-state index in [1.807, 2.05) is 0 Å². The largest absolute Gasteiger partial charge is 0.476 e. The molecule has 0 fully saturated rings. The lowest BCUT2D eigenvalue weighted by Gasteiger charge is -2.09. The SMILES string of the molecule is CON=C(C(=O)O)c1cccc2ccc(C(=O)OCc3ccccc3C#N)cc12. The van der Waals surface area contributed by atoms with Gasteiger partial charge < -0.3 is 14.7 Å². The number of carboxylic acids is 1. The van der Waals surface area contributed by atoms with Crippen molar-refractivity contribution in [3.05, 3.63) is 82.9 Å². The number of hydrogen-bond acceptors (Lipinski definition) is 6. The molecule has 0 bridgehead atoms. The van der Waals surface area contributed by atoms with Gasteiger partial charge in [0.05, 0.1) is 17.2 Å². The van der Waals surface area contributed by atoms with Crippen LogP contribution in [-0.4, -0.2) is 29.9 Å². The van der Waals surface area contributed by atoms with Crippen molar-refractivity contribution in [3.63, 3.8) is 0 Å². The highest BCUT2D eigenvalue weighted by molar-refractivity contribution is 6.44. The maximum Gasteiger partial charge on any atom is 0.358 e. The number of fused-ring (bicyclic) bond motifs is 1. The van der Waals surface area contributed by atoms with Crippen molar-refractivity contribution in [2.24, 2.45) is 5.16 Å². The molecule has 3 aromatic carbocycles. The van der Waals surface area contributed by atoms with Gasteiger partial charge in [0.1, 0.15) is 13.7 Å². The van der Waals surface area contributed by atoms with Gasteiger partial charge in [0.25, 0.3) is 0 Å². The topological polar surface area (TPSA) is 109 Å². The van der Waals surface area contributed by atoms with Crippen LogP contribution in [0.3, 0.4) is 0 Å². The molecular weight excluding hydrogens is 372 g/mol. The summed E-state index contributed by atoms with van der Waals surface area (Å²) in [5.74, 6) is -1.84. The predicted molar refractivity (Wildman–Crippen MR) is 105 cm³/mol. The highest BCUT2D eigenvalue weighted by atomic mass is 16.6. The minimum atomic E-state index is -1.25. The molecule has 1 N–H and O–H groups in total. The summed E-state index contributed by atoms with van der Waals surface area (Å²) in [6, 6.07) is 18.8. The Morgan fingerprint density at radius 3 is 2.62 bits per heavy atom. The van der Waals surface area contributed by atoms with Gasteiger partial charge in [-0.3, -0.25) is 0 Å². The van der Waals surface area contributed by atoms with Crippen LogP contribution in [0.5, 0.6) is 0 Å². The number of hydrogen-bond donors (Lipinski definition) is 1. The molecule has 0 radical (unpaired) electrons. The van der Waals surface area contributed by atoms with Crippen molar-refractivity contribution in [2.45, 2.75) is 6.61 Å². The van der Waals surface area contributed by atoms with Gasteiger partial charge in [-0.25, -0.2) is 9.59 Å². The van der Waals surface area contributed by atoms with Gasteiger partial charge in [0.2, 0.25) is 0 Å². The fourth-order valence-corrected chi connectivity index (χ4v) is 2.88. The minimum Gasteiger partial charge on any atom is -0.476 e. The Hall–Kier alpha value is -4.18. The first-order valence-electron chi connectivity index (χ1n) is 8.58. The summed E-state index contributed by atoms with van der Waals surface area (Å²) in [7, 11) is 1.26. The van der Waals surface area contributed by atoms with E-state index in [2.05, 4.69) is 16.1 Å². The number of esters is 1. The number of oxime groups is 1. The molecule has 0 saturated heterocycles. The summed E-state index contributed by atoms with van der Waals surface area (Å²) in [5.41, 5.74) is 1.34. The first-order valence-corrected chi connectivity index (χ1v) is 8.58. The van der Waals surface area contributed by atoms with Crippen LogP contribution in [0.25, 0.3) is 10.8 Å². The molecule has 7 nitrogen and oxygen atoms in total. The van der Waals surface area contributed by atoms with E-state index >= 15 is 0 Å². The molecule has 0 heterocycles. The molecule has 0 atom stereocenters. The Balaban J connectivity index is 1.93. The summed E-state index contributed by atoms with van der Waals surface area (Å²) in [6.07, 6.45) is 0. The van der Waals surface area contributed by atoms with Crippen molar-refractivity contribution in [1.82, 2.24) is 0 Å². The Bertz CT molecular complexity index is 1160. The first kappa shape index (κ1) is 19.6. The Kier molecular flexibility index (Phi) is 5.85. The van der Waals surface area contributed by atoms with Gasteiger partial charge in [0.15, 0.2) is 5.71 Å². The van der Waals surface area contributed by atoms with Gasteiger partial charge in [0, 0.05) is 11.1 Å². The van der Waals surface area contributed by atoms with Crippen LogP contribution in [-0.2, 0) is 21.0 Å². The fraction of sp³-hybridized carbons (Fsp3) is 0.0909. The molecular formula is C22H16N2O5. The first-order chi connectivity index (χ1) is 14.0. The molecule has 7 heteroatoms. The van der Waals surface area contributed by atoms with E-state index in [1.165, 1.54) is 7.11 Å². The van der Waals surface area contributed by atoms with Gasteiger partial charge >= 0.3 is 11.9 Å². The zero-order chi connectivity index (χ0) is 20.8. The molecule has 0 saturated carbocycles. The number of rotatable bonds is 6. The minimum absolute atomic E-state index is 0.0479. The summed E-state index contributed by atoms with van der Waals surface area (Å²) >= 11 is 0. The van der Waals surface area contributed by atoms with E-state index in [0.29, 0.717) is 22.1 Å². The van der Waals surface area contributed by atoms with Crippen LogP contribution in [0.1, 0.15) is 27.0 Å². The van der Waals surface area contributed by atoms with Crippen molar-refractivity contribution >= 4 is 28.4 Å². The van der Waals surface area contributed by atoms with Crippen LogP contribution in [0.2, 0.25) is 0 Å². The van der Waals surface area contributed by atoms with Crippen LogP contribution < -0.4 is 0 Å². The average molecular weight is 388 g/mol. The summed E-state index contributed by atoms with van der Waals surface area (Å²) in [6.45, 7) is -0.0479. The van der Waals surface area contributed by atoms with Gasteiger partial charge in [-0.2, -0.15) is 5.26 Å². The molecule has 29 heavy (non-hydrogen) atoms. The second kappa shape index (κ2) is 8.67. The number of carboxylic acid groups (broad SMARTS) is 1. The number of aliphatic carboxylic acids is 1. The summed E-state index contributed by atoms with van der Waals surface area (Å²) in [4.78, 5) is 28.7. The molecule has 0 aliphatic heterocycles. The number of carbonyl (C=O) groups excluding carboxylic acids is 1. The quantitative estimate of drug-likeness (QED) is 0.393. The molecule has 0 spiro atoms. The van der Waals surface area contributed by atoms with E-state index < -0.39 is 11.9 Å². The highest BCUT2D eigenvalue weighted by Gasteiger charge is 2.18. The van der Waals surface area contributed by atoms with E-state index in [-0.39, 0.29) is 17.9 Å². The van der Waals surface area contributed by atoms with Gasteiger partial charge in [-0.05, 0) is 29.0 Å². The lowest BCUT2D eigenvalue weighted by molar-refractivity contribution is -0.129. The lowest BCUT2D eigenvalue weighted by Crippen LogP contribution is -2.15. The maximum atomic E-state index is 12.5. The summed E-state index contributed by atoms with van der Waals surface area (Å²) in [5, 5.41) is 23.4. The van der Waals surface area contributed by atoms with Crippen LogP contribution in [0.4, 0.5) is 0 Å². The normalized spacial score (nSPS) is 11.0. The third-order valence-corrected chi connectivity index (χ3v) is 4.25. The molecule has 3 aromatic rings. The monoisotopic (exact) mass is 388 g/mol. The Labute approximate surface area is 166 Å². The molecule has 0 unspecified atom stereocenters. The zero-order valence-electron chi connectivity index (χ0n) is 15.5. The number of carbonyl (C=O) groups is 2. The van der Waals surface area contributed by atoms with Crippen LogP contribution in [0.15, 0.2) is 65.8 Å². The number of benzene rings is 3. The van der Waals surface area contributed by atoms with E-state index in [4.69, 9.17) is 10.00 Å². The van der Waals surface area contributed by atoms with Gasteiger partial charge in [-0.1, -0.05) is 47.6 Å². The zero-order valence-corrected chi connectivity index (χ0v) is 15.5. The Morgan fingerprint density at radius 2 is 1.90 bits per heavy atom. The molecule has 0 aliphatic carbocycles. The van der Waals surface area contributed by atoms with Crippen molar-refractivity contribution in [2.75, 3.05) is 7.11 Å². The third-order valence-electron chi connectivity index (χ3n) is 4.25. The van der Waals surface area contributed by atoms with Crippen LogP contribution >= 0.6 is 0 Å². The average Bonchev–Trinajstić information content (AvgIpc) is 2.75. The lowest BCUT2D eigenvalue weighted by atomic mass is 9.99. The van der Waals surface area contributed by atoms with E-state index in [1.54, 1.807) is 60.7 Å². The van der Waals surface area contributed by atoms with Crippen LogP contribution in [0, 0.1) is 11.3 Å². The molecule has 0 aromatic heterocycles. The van der Waals surface area contributed by atoms with Gasteiger partial charge in [-0.15, -0.1) is 0 Å². The smallest absolute Gasteiger partial charge is 0.358 e. The maximum absolute atomic E-state index is 12.5. The summed E-state index contributed by atoms with van der Waals surface area (Å²) < 4.78 is 5.34. The number of ether oxygens (including phenoxy) is 1. The Morgan fingerprint density at radius 1 is 1.10 bits per heavy atom. The van der Waals surface area contributed by atoms with E-state index in [0.717, 1.165) is 5.39 Å². The van der Waals surface area contributed by atoms with E-state index in [9.17, 15) is 14.7 Å². The highest BCUT2D eigenvalue weighted by Crippen LogP contribution is 2.22. The molecule has 0 aliphatic rings. The molecule has 0 amide bonds.